The lowest BCUT2D eigenvalue weighted by molar-refractivity contribution is 0.0929. The molecule has 116 valence electrons. The monoisotopic (exact) mass is 299 g/mol. The SMILES string of the molecule is COc1ccc(C(=O)N[C@@H](CN(C)C)c2ccccc2)cn1. The minimum Gasteiger partial charge on any atom is -0.481 e. The molecule has 0 saturated heterocycles. The summed E-state index contributed by atoms with van der Waals surface area (Å²) in [5.41, 5.74) is 1.59. The molecule has 1 heterocycles. The maximum Gasteiger partial charge on any atom is 0.253 e. The Labute approximate surface area is 130 Å². The van der Waals surface area contributed by atoms with Crippen molar-refractivity contribution in [1.29, 1.82) is 0 Å². The van der Waals surface area contributed by atoms with Crippen LogP contribution >= 0.6 is 0 Å². The Morgan fingerprint density at radius 3 is 2.50 bits per heavy atom. The first-order valence-electron chi connectivity index (χ1n) is 7.10. The third-order valence-corrected chi connectivity index (χ3v) is 3.26. The average molecular weight is 299 g/mol. The summed E-state index contributed by atoms with van der Waals surface area (Å²) < 4.78 is 5.00. The van der Waals surface area contributed by atoms with E-state index in [2.05, 4.69) is 10.3 Å². The number of nitrogens with one attached hydrogen (secondary N) is 1. The number of aromatic nitrogens is 1. The van der Waals surface area contributed by atoms with Gasteiger partial charge in [-0.15, -0.1) is 0 Å². The van der Waals surface area contributed by atoms with Crippen LogP contribution in [0.2, 0.25) is 0 Å². The maximum atomic E-state index is 12.4. The lowest BCUT2D eigenvalue weighted by Gasteiger charge is -2.23. The Morgan fingerprint density at radius 1 is 1.23 bits per heavy atom. The zero-order valence-electron chi connectivity index (χ0n) is 13.1. The molecule has 0 aliphatic rings. The number of benzene rings is 1. The van der Waals surface area contributed by atoms with Crippen molar-refractivity contribution in [3.63, 3.8) is 0 Å². The average Bonchev–Trinajstić information content (AvgIpc) is 2.54. The van der Waals surface area contributed by atoms with Crippen molar-refractivity contribution in [3.8, 4) is 5.88 Å². The molecular formula is C17H21N3O2. The van der Waals surface area contributed by atoms with E-state index in [1.165, 1.54) is 6.20 Å². The van der Waals surface area contributed by atoms with Crippen LogP contribution in [-0.4, -0.2) is 43.5 Å². The number of hydrogen-bond acceptors (Lipinski definition) is 4. The number of rotatable bonds is 6. The number of likely N-dealkylation sites (N-methyl/N-ethyl adjacent to an activating group) is 1. The molecule has 1 aromatic carbocycles. The van der Waals surface area contributed by atoms with Crippen LogP contribution in [0.25, 0.3) is 0 Å². The molecule has 0 radical (unpaired) electrons. The van der Waals surface area contributed by atoms with Crippen molar-refractivity contribution < 1.29 is 9.53 Å². The lowest BCUT2D eigenvalue weighted by Crippen LogP contribution is -2.35. The molecule has 0 aliphatic heterocycles. The summed E-state index contributed by atoms with van der Waals surface area (Å²) >= 11 is 0. The minimum atomic E-state index is -0.147. The van der Waals surface area contributed by atoms with Gasteiger partial charge >= 0.3 is 0 Å². The molecule has 22 heavy (non-hydrogen) atoms. The number of carbonyl (C=O) groups is 1. The second kappa shape index (κ2) is 7.56. The Bertz CT molecular complexity index is 597. The van der Waals surface area contributed by atoms with Gasteiger partial charge in [-0.2, -0.15) is 0 Å². The zero-order valence-corrected chi connectivity index (χ0v) is 13.1. The second-order valence-corrected chi connectivity index (χ2v) is 5.29. The maximum absolute atomic E-state index is 12.4. The number of pyridine rings is 1. The number of ether oxygens (including phenoxy) is 1. The molecule has 2 rings (SSSR count). The third-order valence-electron chi connectivity index (χ3n) is 3.26. The largest absolute Gasteiger partial charge is 0.481 e. The quantitative estimate of drug-likeness (QED) is 0.888. The molecule has 5 heteroatoms. The van der Waals surface area contributed by atoms with Crippen LogP contribution in [0.5, 0.6) is 5.88 Å². The van der Waals surface area contributed by atoms with E-state index >= 15 is 0 Å². The highest BCUT2D eigenvalue weighted by atomic mass is 16.5. The molecule has 5 nitrogen and oxygen atoms in total. The molecule has 1 N–H and O–H groups in total. The van der Waals surface area contributed by atoms with Crippen molar-refractivity contribution in [3.05, 3.63) is 59.8 Å². The number of methoxy groups -OCH3 is 1. The van der Waals surface area contributed by atoms with E-state index in [0.29, 0.717) is 11.4 Å². The number of carbonyl (C=O) groups excluding carboxylic acids is 1. The topological polar surface area (TPSA) is 54.5 Å². The molecule has 0 spiro atoms. The number of hydrogen-bond donors (Lipinski definition) is 1. The van der Waals surface area contributed by atoms with Crippen LogP contribution < -0.4 is 10.1 Å². The molecule has 0 fully saturated rings. The Kier molecular flexibility index (Phi) is 5.49. The lowest BCUT2D eigenvalue weighted by atomic mass is 10.1. The van der Waals surface area contributed by atoms with Crippen LogP contribution in [0.3, 0.4) is 0 Å². The summed E-state index contributed by atoms with van der Waals surface area (Å²) in [4.78, 5) is 18.5. The van der Waals surface area contributed by atoms with Crippen molar-refractivity contribution in [2.75, 3.05) is 27.7 Å². The first-order valence-corrected chi connectivity index (χ1v) is 7.10. The van der Waals surface area contributed by atoms with E-state index in [9.17, 15) is 4.79 Å². The van der Waals surface area contributed by atoms with Crippen LogP contribution in [-0.2, 0) is 0 Å². The van der Waals surface area contributed by atoms with E-state index in [0.717, 1.165) is 12.1 Å². The fourth-order valence-corrected chi connectivity index (χ4v) is 2.16. The molecule has 1 amide bonds. The highest BCUT2D eigenvalue weighted by molar-refractivity contribution is 5.94. The third kappa shape index (κ3) is 4.30. The van der Waals surface area contributed by atoms with Crippen LogP contribution in [0, 0.1) is 0 Å². The minimum absolute atomic E-state index is 0.0780. The molecule has 0 saturated carbocycles. The van der Waals surface area contributed by atoms with Gasteiger partial charge in [0.25, 0.3) is 5.91 Å². The summed E-state index contributed by atoms with van der Waals surface area (Å²) in [6.45, 7) is 0.722. The van der Waals surface area contributed by atoms with Crippen molar-refractivity contribution in [2.24, 2.45) is 0 Å². The molecule has 0 aliphatic carbocycles. The molecule has 0 unspecified atom stereocenters. The Hall–Kier alpha value is -2.40. The van der Waals surface area contributed by atoms with Crippen molar-refractivity contribution in [1.82, 2.24) is 15.2 Å². The fourth-order valence-electron chi connectivity index (χ4n) is 2.16. The van der Waals surface area contributed by atoms with Gasteiger partial charge in [0.05, 0.1) is 18.7 Å². The predicted molar refractivity (Wildman–Crippen MR) is 86.0 cm³/mol. The van der Waals surface area contributed by atoms with Gasteiger partial charge < -0.3 is 15.0 Å². The molecule has 1 aromatic heterocycles. The predicted octanol–water partition coefficient (Wildman–Crippen LogP) is 2.12. The van der Waals surface area contributed by atoms with Gasteiger partial charge in [-0.3, -0.25) is 4.79 Å². The number of nitrogens with zero attached hydrogens (tertiary/aromatic N) is 2. The van der Waals surface area contributed by atoms with Crippen LogP contribution in [0.15, 0.2) is 48.7 Å². The summed E-state index contributed by atoms with van der Waals surface area (Å²) in [5, 5.41) is 3.06. The van der Waals surface area contributed by atoms with Gasteiger partial charge in [0, 0.05) is 18.8 Å². The van der Waals surface area contributed by atoms with Crippen LogP contribution in [0.1, 0.15) is 22.0 Å². The van der Waals surface area contributed by atoms with Gasteiger partial charge in [0.1, 0.15) is 0 Å². The van der Waals surface area contributed by atoms with Gasteiger partial charge in [0.2, 0.25) is 5.88 Å². The first-order chi connectivity index (χ1) is 10.6. The van der Waals surface area contributed by atoms with E-state index in [-0.39, 0.29) is 11.9 Å². The zero-order chi connectivity index (χ0) is 15.9. The summed E-state index contributed by atoms with van der Waals surface area (Å²) in [7, 11) is 5.51. The van der Waals surface area contributed by atoms with Crippen molar-refractivity contribution in [2.45, 2.75) is 6.04 Å². The van der Waals surface area contributed by atoms with E-state index in [1.807, 2.05) is 49.3 Å². The smallest absolute Gasteiger partial charge is 0.253 e. The molecule has 1 atom stereocenters. The molecule has 2 aromatic rings. The summed E-state index contributed by atoms with van der Waals surface area (Å²) in [5.74, 6) is 0.343. The first kappa shape index (κ1) is 16.0. The Morgan fingerprint density at radius 2 is 1.95 bits per heavy atom. The standard InChI is InChI=1S/C17H21N3O2/c1-20(2)12-15(13-7-5-4-6-8-13)19-17(21)14-9-10-16(22-3)18-11-14/h4-11,15H,12H2,1-3H3,(H,19,21)/t15-/m0/s1. The molecular weight excluding hydrogens is 278 g/mol. The highest BCUT2D eigenvalue weighted by Crippen LogP contribution is 2.15. The summed E-state index contributed by atoms with van der Waals surface area (Å²) in [6, 6.07) is 13.2. The molecule has 0 bridgehead atoms. The fraction of sp³-hybridized carbons (Fsp3) is 0.294. The van der Waals surface area contributed by atoms with Gasteiger partial charge in [-0.1, -0.05) is 30.3 Å². The second-order valence-electron chi connectivity index (χ2n) is 5.29. The normalized spacial score (nSPS) is 12.0. The number of amides is 1. The van der Waals surface area contributed by atoms with Gasteiger partial charge in [-0.05, 0) is 25.7 Å². The van der Waals surface area contributed by atoms with Crippen molar-refractivity contribution >= 4 is 5.91 Å². The van der Waals surface area contributed by atoms with Gasteiger partial charge in [0.15, 0.2) is 0 Å². The van der Waals surface area contributed by atoms with Gasteiger partial charge in [-0.25, -0.2) is 4.98 Å². The van der Waals surface area contributed by atoms with E-state index < -0.39 is 0 Å². The van der Waals surface area contributed by atoms with E-state index in [1.54, 1.807) is 19.2 Å². The summed E-state index contributed by atoms with van der Waals surface area (Å²) in [6.07, 6.45) is 1.52. The Balaban J connectivity index is 2.13. The van der Waals surface area contributed by atoms with E-state index in [4.69, 9.17) is 4.74 Å². The highest BCUT2D eigenvalue weighted by Gasteiger charge is 2.16. The van der Waals surface area contributed by atoms with Crippen LogP contribution in [0.4, 0.5) is 0 Å².